The largest absolute Gasteiger partial charge is 0.462 e. The van der Waals surface area contributed by atoms with E-state index >= 15 is 0 Å². The molecular weight excluding hydrogens is 340 g/mol. The molecule has 25 heavy (non-hydrogen) atoms. The first-order valence-corrected chi connectivity index (χ1v) is 8.54. The quantitative estimate of drug-likeness (QED) is 0.791. The van der Waals surface area contributed by atoms with E-state index in [0.29, 0.717) is 21.6 Å². The van der Waals surface area contributed by atoms with Gasteiger partial charge in [-0.3, -0.25) is 9.36 Å². The molecule has 0 radical (unpaired) electrons. The first-order chi connectivity index (χ1) is 12.0. The Hall–Kier alpha value is -2.92. The number of pyridine rings is 1. The molecule has 0 fully saturated rings. The molecule has 0 spiro atoms. The van der Waals surface area contributed by atoms with Crippen molar-refractivity contribution >= 4 is 34.9 Å². The molecule has 1 N–H and O–H groups in total. The Morgan fingerprint density at radius 1 is 1.52 bits per heavy atom. The third kappa shape index (κ3) is 4.14. The van der Waals surface area contributed by atoms with Gasteiger partial charge in [0.15, 0.2) is 5.57 Å². The van der Waals surface area contributed by atoms with Crippen LogP contribution >= 0.6 is 11.3 Å². The molecular formula is C17H18N4O3S. The van der Waals surface area contributed by atoms with Crippen LogP contribution in [0, 0.1) is 18.3 Å². The highest BCUT2D eigenvalue weighted by Gasteiger charge is 2.16. The second-order valence-corrected chi connectivity index (χ2v) is 6.07. The number of carbonyl (C=O) groups excluding carboxylic acids is 1. The molecule has 130 valence electrons. The molecule has 8 heteroatoms. The summed E-state index contributed by atoms with van der Waals surface area (Å²) in [6, 6.07) is 5.55. The fraction of sp³-hybridized carbons (Fsp3) is 0.294. The molecule has 0 unspecified atom stereocenters. The van der Waals surface area contributed by atoms with Crippen LogP contribution in [-0.4, -0.2) is 22.1 Å². The van der Waals surface area contributed by atoms with E-state index in [4.69, 9.17) is 4.74 Å². The molecule has 0 atom stereocenters. The number of nitrogens with zero attached hydrogens (tertiary/aromatic N) is 3. The minimum atomic E-state index is -0.728. The third-order valence-electron chi connectivity index (χ3n) is 3.30. The first kappa shape index (κ1) is 18.4. The number of carbonyl (C=O) groups is 1. The first-order valence-electron chi connectivity index (χ1n) is 7.72. The van der Waals surface area contributed by atoms with Crippen LogP contribution in [0.25, 0.3) is 11.8 Å². The lowest BCUT2D eigenvalue weighted by molar-refractivity contribution is -0.136. The van der Waals surface area contributed by atoms with E-state index in [9.17, 15) is 14.9 Å². The molecule has 7 nitrogen and oxygen atoms in total. The number of hydrogen-bond donors (Lipinski definition) is 1. The van der Waals surface area contributed by atoms with Crippen LogP contribution in [0.2, 0.25) is 0 Å². The number of aromatic nitrogens is 2. The average Bonchev–Trinajstić information content (AvgIpc) is 2.89. The lowest BCUT2D eigenvalue weighted by Crippen LogP contribution is -2.32. The minimum Gasteiger partial charge on any atom is -0.462 e. The third-order valence-corrected chi connectivity index (χ3v) is 4.43. The van der Waals surface area contributed by atoms with Crippen molar-refractivity contribution in [3.05, 3.63) is 43.4 Å². The van der Waals surface area contributed by atoms with E-state index in [0.717, 1.165) is 16.9 Å². The lowest BCUT2D eigenvalue weighted by Gasteiger charge is -2.00. The van der Waals surface area contributed by atoms with E-state index in [1.807, 2.05) is 25.1 Å². The van der Waals surface area contributed by atoms with Crippen LogP contribution in [0.5, 0.6) is 0 Å². The maximum Gasteiger partial charge on any atom is 0.351 e. The van der Waals surface area contributed by atoms with E-state index < -0.39 is 5.97 Å². The van der Waals surface area contributed by atoms with Crippen molar-refractivity contribution < 1.29 is 9.53 Å². The molecule has 2 heterocycles. The summed E-state index contributed by atoms with van der Waals surface area (Å²) in [4.78, 5) is 28.6. The number of nitrogens with one attached hydrogen (secondary N) is 1. The van der Waals surface area contributed by atoms with E-state index in [-0.39, 0.29) is 17.7 Å². The van der Waals surface area contributed by atoms with Gasteiger partial charge in [-0.25, -0.2) is 9.78 Å². The molecule has 0 saturated heterocycles. The molecule has 0 bridgehead atoms. The predicted molar refractivity (Wildman–Crippen MR) is 96.2 cm³/mol. The second-order valence-electron chi connectivity index (χ2n) is 5.04. The number of ether oxygens (including phenoxy) is 1. The number of rotatable bonds is 5. The van der Waals surface area contributed by atoms with Crippen LogP contribution in [0.3, 0.4) is 0 Å². The SMILES string of the molecule is CCOC(=O)/C(C#N)=c1\s/c(=C/Nc2cc(C)ccn2)c(=O)n1CC. The number of aryl methyl sites for hydroxylation is 1. The summed E-state index contributed by atoms with van der Waals surface area (Å²) in [6.45, 7) is 5.87. The normalized spacial score (nSPS) is 12.5. The number of nitriles is 1. The van der Waals surface area contributed by atoms with Crippen LogP contribution in [0.15, 0.2) is 23.1 Å². The summed E-state index contributed by atoms with van der Waals surface area (Å²) in [7, 11) is 0. The van der Waals surface area contributed by atoms with Crippen molar-refractivity contribution in [3.8, 4) is 6.07 Å². The summed E-state index contributed by atoms with van der Waals surface area (Å²) >= 11 is 1.07. The van der Waals surface area contributed by atoms with Gasteiger partial charge in [0.2, 0.25) is 0 Å². The fourth-order valence-corrected chi connectivity index (χ4v) is 3.21. The summed E-state index contributed by atoms with van der Waals surface area (Å²) in [6.07, 6.45) is 3.20. The monoisotopic (exact) mass is 358 g/mol. The van der Waals surface area contributed by atoms with Crippen molar-refractivity contribution in [2.24, 2.45) is 0 Å². The summed E-state index contributed by atoms with van der Waals surface area (Å²) in [5.74, 6) is -0.124. The maximum absolute atomic E-state index is 12.5. The van der Waals surface area contributed by atoms with Crippen molar-refractivity contribution in [1.29, 1.82) is 5.26 Å². The average molecular weight is 358 g/mol. The van der Waals surface area contributed by atoms with Gasteiger partial charge < -0.3 is 10.1 Å². The summed E-state index contributed by atoms with van der Waals surface area (Å²) in [5.41, 5.74) is 0.588. The highest BCUT2D eigenvalue weighted by atomic mass is 32.1. The summed E-state index contributed by atoms with van der Waals surface area (Å²) < 4.78 is 6.95. The van der Waals surface area contributed by atoms with Gasteiger partial charge in [0, 0.05) is 18.9 Å². The van der Waals surface area contributed by atoms with Crippen LogP contribution in [0.4, 0.5) is 5.82 Å². The lowest BCUT2D eigenvalue weighted by atomic mass is 10.3. The Bertz CT molecular complexity index is 998. The van der Waals surface area contributed by atoms with Gasteiger partial charge in [-0.15, -0.1) is 11.3 Å². The number of esters is 1. The van der Waals surface area contributed by atoms with Crippen LogP contribution in [-0.2, 0) is 16.1 Å². The van der Waals surface area contributed by atoms with E-state index in [2.05, 4.69) is 10.3 Å². The van der Waals surface area contributed by atoms with Crippen LogP contribution in [0.1, 0.15) is 19.4 Å². The van der Waals surface area contributed by atoms with Crippen molar-refractivity contribution in [1.82, 2.24) is 9.55 Å². The number of hydrogen-bond acceptors (Lipinski definition) is 7. The van der Waals surface area contributed by atoms with E-state index in [1.165, 1.54) is 10.8 Å². The van der Waals surface area contributed by atoms with Gasteiger partial charge >= 0.3 is 5.97 Å². The zero-order valence-corrected chi connectivity index (χ0v) is 15.0. The van der Waals surface area contributed by atoms with Crippen LogP contribution < -0.4 is 20.1 Å². The second kappa shape index (κ2) is 8.26. The standard InChI is InChI=1S/C17H18N4O3S/c1-4-21-15(22)13(10-20-14-8-11(3)6-7-19-14)25-16(21)12(9-18)17(23)24-5-2/h6-8,10H,4-5H2,1-3H3,(H,19,20)/b13-10+,16-12-. The number of thiazole rings is 1. The molecule has 2 rings (SSSR count). The Morgan fingerprint density at radius 2 is 2.28 bits per heavy atom. The van der Waals surface area contributed by atoms with Crippen molar-refractivity contribution in [3.63, 3.8) is 0 Å². The topological polar surface area (TPSA) is 97.0 Å². The van der Waals surface area contributed by atoms with Crippen molar-refractivity contribution in [2.75, 3.05) is 11.9 Å². The van der Waals surface area contributed by atoms with Gasteiger partial charge in [-0.2, -0.15) is 5.26 Å². The fourth-order valence-electron chi connectivity index (χ4n) is 2.13. The Balaban J connectivity index is 2.58. The van der Waals surface area contributed by atoms with Gasteiger partial charge in [-0.05, 0) is 38.5 Å². The van der Waals surface area contributed by atoms with E-state index in [1.54, 1.807) is 20.0 Å². The minimum absolute atomic E-state index is 0.158. The molecule has 0 aliphatic rings. The number of anilines is 1. The van der Waals surface area contributed by atoms with Crippen molar-refractivity contribution in [2.45, 2.75) is 27.3 Å². The maximum atomic E-state index is 12.5. The zero-order chi connectivity index (χ0) is 18.4. The summed E-state index contributed by atoms with van der Waals surface area (Å²) in [5, 5.41) is 12.3. The molecule has 0 saturated carbocycles. The molecule has 2 aromatic heterocycles. The zero-order valence-electron chi connectivity index (χ0n) is 14.2. The molecule has 0 amide bonds. The van der Waals surface area contributed by atoms with Gasteiger partial charge in [-0.1, -0.05) is 0 Å². The molecule has 0 aromatic carbocycles. The molecule has 0 aliphatic heterocycles. The van der Waals surface area contributed by atoms with Gasteiger partial charge in [0.25, 0.3) is 5.56 Å². The molecule has 2 aromatic rings. The highest BCUT2D eigenvalue weighted by Crippen LogP contribution is 2.04. The Labute approximate surface area is 148 Å². The highest BCUT2D eigenvalue weighted by molar-refractivity contribution is 7.07. The van der Waals surface area contributed by atoms with Gasteiger partial charge in [0.05, 0.1) is 6.61 Å². The Morgan fingerprint density at radius 3 is 2.88 bits per heavy atom. The Kier molecular flexibility index (Phi) is 6.08. The predicted octanol–water partition coefficient (Wildman–Crippen LogP) is 0.721. The molecule has 0 aliphatic carbocycles. The van der Waals surface area contributed by atoms with Gasteiger partial charge in [0.1, 0.15) is 21.1 Å². The smallest absolute Gasteiger partial charge is 0.351 e.